The lowest BCUT2D eigenvalue weighted by atomic mass is 9.83. The molecule has 3 aliphatic heterocycles. The van der Waals surface area contributed by atoms with Crippen molar-refractivity contribution >= 4 is 35.0 Å². The Hall–Kier alpha value is -4.79. The van der Waals surface area contributed by atoms with Crippen molar-refractivity contribution in [1.29, 1.82) is 0 Å². The highest BCUT2D eigenvalue weighted by atomic mass is 16.6. The van der Waals surface area contributed by atoms with Crippen LogP contribution in [0.1, 0.15) is 33.1 Å². The SMILES string of the molecule is COc1ccc(C(=O)[C@@H]2[C@@H]3C(=O)N(c4ccc([N+](=O)[O-])cc4C)C(=O)[C@H]3[C@@H]3c4ccccc4C=CN23)cc1. The highest BCUT2D eigenvalue weighted by Crippen LogP contribution is 2.54. The molecule has 2 saturated heterocycles. The molecular formula is C29H23N3O6. The fourth-order valence-electron chi connectivity index (χ4n) is 6.02. The van der Waals surface area contributed by atoms with Crippen molar-refractivity contribution in [3.63, 3.8) is 0 Å². The van der Waals surface area contributed by atoms with E-state index in [0.717, 1.165) is 16.0 Å². The topological polar surface area (TPSA) is 110 Å². The number of rotatable bonds is 5. The van der Waals surface area contributed by atoms with Crippen LogP contribution in [0.25, 0.3) is 6.08 Å². The van der Waals surface area contributed by atoms with E-state index in [1.807, 2.05) is 35.2 Å². The van der Waals surface area contributed by atoms with E-state index >= 15 is 0 Å². The van der Waals surface area contributed by atoms with Crippen molar-refractivity contribution in [2.24, 2.45) is 11.8 Å². The van der Waals surface area contributed by atoms with Gasteiger partial charge in [0.25, 0.3) is 5.69 Å². The number of carbonyl (C=O) groups is 3. The van der Waals surface area contributed by atoms with Gasteiger partial charge in [0.1, 0.15) is 11.8 Å². The first-order valence-electron chi connectivity index (χ1n) is 12.2. The molecule has 2 fully saturated rings. The summed E-state index contributed by atoms with van der Waals surface area (Å²) in [4.78, 5) is 55.7. The predicted molar refractivity (Wildman–Crippen MR) is 138 cm³/mol. The molecule has 9 nitrogen and oxygen atoms in total. The van der Waals surface area contributed by atoms with Gasteiger partial charge in [-0.3, -0.25) is 24.5 Å². The Bertz CT molecular complexity index is 1550. The second-order valence-electron chi connectivity index (χ2n) is 9.67. The number of nitro benzene ring substituents is 1. The number of non-ortho nitro benzene ring substituents is 1. The van der Waals surface area contributed by atoms with Crippen LogP contribution in [0.15, 0.2) is 72.9 Å². The van der Waals surface area contributed by atoms with Crippen LogP contribution >= 0.6 is 0 Å². The molecule has 3 heterocycles. The molecule has 0 N–H and O–H groups in total. The van der Waals surface area contributed by atoms with Crippen LogP contribution in [0.2, 0.25) is 0 Å². The van der Waals surface area contributed by atoms with Crippen LogP contribution in [-0.2, 0) is 9.59 Å². The highest BCUT2D eigenvalue weighted by molar-refractivity contribution is 6.25. The second-order valence-corrected chi connectivity index (χ2v) is 9.67. The maximum Gasteiger partial charge on any atom is 0.269 e. The van der Waals surface area contributed by atoms with Crippen LogP contribution < -0.4 is 9.64 Å². The molecule has 0 saturated carbocycles. The Morgan fingerprint density at radius 1 is 0.974 bits per heavy atom. The van der Waals surface area contributed by atoms with E-state index in [-0.39, 0.29) is 11.5 Å². The molecule has 3 aromatic carbocycles. The van der Waals surface area contributed by atoms with E-state index in [4.69, 9.17) is 4.74 Å². The minimum atomic E-state index is -0.924. The maximum absolute atomic E-state index is 14.0. The van der Waals surface area contributed by atoms with Gasteiger partial charge in [0, 0.05) is 23.9 Å². The lowest BCUT2D eigenvalue weighted by Crippen LogP contribution is -2.44. The zero-order valence-electron chi connectivity index (χ0n) is 20.6. The number of amides is 2. The molecule has 0 unspecified atom stereocenters. The number of hydrogen-bond donors (Lipinski definition) is 0. The Balaban J connectivity index is 1.47. The highest BCUT2D eigenvalue weighted by Gasteiger charge is 2.64. The fourth-order valence-corrected chi connectivity index (χ4v) is 6.02. The van der Waals surface area contributed by atoms with Crippen LogP contribution in [0.3, 0.4) is 0 Å². The summed E-state index contributed by atoms with van der Waals surface area (Å²) in [6.07, 6.45) is 3.70. The summed E-state index contributed by atoms with van der Waals surface area (Å²) in [6.45, 7) is 1.63. The average Bonchev–Trinajstić information content (AvgIpc) is 3.40. The number of Topliss-reactive ketones (excluding diaryl/α,β-unsaturated/α-hetero) is 1. The summed E-state index contributed by atoms with van der Waals surface area (Å²) in [7, 11) is 1.54. The molecule has 0 radical (unpaired) electrons. The lowest BCUT2D eigenvalue weighted by Gasteiger charge is -2.35. The predicted octanol–water partition coefficient (Wildman–Crippen LogP) is 4.31. The van der Waals surface area contributed by atoms with Crippen molar-refractivity contribution < 1.29 is 24.0 Å². The summed E-state index contributed by atoms with van der Waals surface area (Å²) >= 11 is 0. The third-order valence-corrected chi connectivity index (χ3v) is 7.74. The van der Waals surface area contributed by atoms with Gasteiger partial charge >= 0.3 is 0 Å². The molecule has 9 heteroatoms. The largest absolute Gasteiger partial charge is 0.497 e. The van der Waals surface area contributed by atoms with Gasteiger partial charge in [-0.1, -0.05) is 24.3 Å². The van der Waals surface area contributed by atoms with Gasteiger partial charge in [-0.25, -0.2) is 4.90 Å². The first kappa shape index (κ1) is 23.6. The van der Waals surface area contributed by atoms with E-state index in [1.165, 1.54) is 25.3 Å². The van der Waals surface area contributed by atoms with Crippen molar-refractivity contribution in [3.05, 3.63) is 105 Å². The van der Waals surface area contributed by atoms with Gasteiger partial charge in [0.2, 0.25) is 11.8 Å². The number of carbonyl (C=O) groups excluding carboxylic acids is 3. The number of ether oxygens (including phenoxy) is 1. The summed E-state index contributed by atoms with van der Waals surface area (Å²) in [5.74, 6) is -2.28. The Morgan fingerprint density at radius 2 is 1.68 bits per heavy atom. The maximum atomic E-state index is 14.0. The van der Waals surface area contributed by atoms with Crippen molar-refractivity contribution in [3.8, 4) is 5.75 Å². The third-order valence-electron chi connectivity index (χ3n) is 7.74. The number of nitro groups is 1. The molecule has 3 aliphatic rings. The minimum absolute atomic E-state index is 0.129. The number of methoxy groups -OCH3 is 1. The zero-order valence-corrected chi connectivity index (χ0v) is 20.6. The fraction of sp³-hybridized carbons (Fsp3) is 0.207. The summed E-state index contributed by atoms with van der Waals surface area (Å²) in [5.41, 5.74) is 2.80. The molecule has 0 aromatic heterocycles. The molecule has 4 atom stereocenters. The molecule has 2 amide bonds. The monoisotopic (exact) mass is 509 g/mol. The van der Waals surface area contributed by atoms with E-state index in [1.54, 1.807) is 37.4 Å². The van der Waals surface area contributed by atoms with Crippen LogP contribution in [-0.4, -0.2) is 40.6 Å². The Kier molecular flexibility index (Phi) is 5.37. The summed E-state index contributed by atoms with van der Waals surface area (Å²) in [5, 5.41) is 11.2. The molecule has 0 bridgehead atoms. The lowest BCUT2D eigenvalue weighted by molar-refractivity contribution is -0.384. The standard InChI is InChI=1S/C29H23N3O6/c1-16-15-19(32(36)37)9-12-22(16)31-28(34)23-24(29(31)35)26(27(33)18-7-10-20(38-2)11-8-18)30-14-13-17-5-3-4-6-21(17)25(23)30/h3-15,23-26H,1-2H3/t23-,24-,25+,26+/m1/s1. The number of hydrogen-bond acceptors (Lipinski definition) is 7. The number of benzene rings is 3. The van der Waals surface area contributed by atoms with Crippen molar-refractivity contribution in [2.45, 2.75) is 19.0 Å². The van der Waals surface area contributed by atoms with Gasteiger partial charge in [-0.15, -0.1) is 0 Å². The van der Waals surface area contributed by atoms with Crippen LogP contribution in [0.4, 0.5) is 11.4 Å². The molecule has 38 heavy (non-hydrogen) atoms. The third kappa shape index (κ3) is 3.35. The molecule has 6 rings (SSSR count). The van der Waals surface area contributed by atoms with Gasteiger partial charge in [0.15, 0.2) is 5.78 Å². The number of aryl methyl sites for hydroxylation is 1. The van der Waals surface area contributed by atoms with Gasteiger partial charge < -0.3 is 9.64 Å². The summed E-state index contributed by atoms with van der Waals surface area (Å²) in [6, 6.07) is 17.0. The Morgan fingerprint density at radius 3 is 2.37 bits per heavy atom. The number of nitrogens with zero attached hydrogens (tertiary/aromatic N) is 3. The average molecular weight is 510 g/mol. The normalized spacial score (nSPS) is 23.2. The first-order chi connectivity index (χ1) is 18.3. The van der Waals surface area contributed by atoms with Gasteiger partial charge in [-0.2, -0.15) is 0 Å². The molecular weight excluding hydrogens is 486 g/mol. The zero-order chi connectivity index (χ0) is 26.7. The van der Waals surface area contributed by atoms with E-state index in [2.05, 4.69) is 0 Å². The quantitative estimate of drug-likeness (QED) is 0.218. The number of fused-ring (bicyclic) bond motifs is 5. The Labute approximate surface area is 218 Å². The van der Waals surface area contributed by atoms with E-state index in [0.29, 0.717) is 22.6 Å². The van der Waals surface area contributed by atoms with E-state index < -0.39 is 40.7 Å². The summed E-state index contributed by atoms with van der Waals surface area (Å²) < 4.78 is 5.22. The van der Waals surface area contributed by atoms with Gasteiger partial charge in [-0.05, 0) is 60.0 Å². The smallest absolute Gasteiger partial charge is 0.269 e. The number of imide groups is 1. The second kappa shape index (κ2) is 8.65. The number of anilines is 1. The van der Waals surface area contributed by atoms with Crippen LogP contribution in [0, 0.1) is 28.9 Å². The molecule has 0 spiro atoms. The minimum Gasteiger partial charge on any atom is -0.497 e. The first-order valence-corrected chi connectivity index (χ1v) is 12.2. The molecule has 3 aromatic rings. The van der Waals surface area contributed by atoms with E-state index in [9.17, 15) is 24.5 Å². The van der Waals surface area contributed by atoms with Crippen LogP contribution in [0.5, 0.6) is 5.75 Å². The van der Waals surface area contributed by atoms with Crippen molar-refractivity contribution in [1.82, 2.24) is 4.90 Å². The molecule has 0 aliphatic carbocycles. The van der Waals surface area contributed by atoms with Gasteiger partial charge in [0.05, 0.1) is 35.6 Å². The van der Waals surface area contributed by atoms with Crippen molar-refractivity contribution in [2.75, 3.05) is 12.0 Å². The number of ketones is 1. The molecule has 190 valence electrons.